The SMILES string of the molecule is O=C(CCc1ccc2c(c1)COC2=C1C(=O)Nc2ccccc21)OC12CC3CC(CC(C3)C1)C2. The minimum Gasteiger partial charge on any atom is -0.487 e. The van der Waals surface area contributed by atoms with E-state index in [2.05, 4.69) is 11.4 Å². The number of aryl methyl sites for hydroxylation is 1. The van der Waals surface area contributed by atoms with Crippen molar-refractivity contribution in [3.05, 3.63) is 64.7 Å². The number of anilines is 1. The van der Waals surface area contributed by atoms with Gasteiger partial charge in [-0.15, -0.1) is 0 Å². The summed E-state index contributed by atoms with van der Waals surface area (Å²) >= 11 is 0. The Bertz CT molecular complexity index is 1210. The first-order valence-corrected chi connectivity index (χ1v) is 12.7. The fraction of sp³-hybridized carbons (Fsp3) is 0.448. The average Bonchev–Trinajstić information content (AvgIpc) is 3.35. The molecule has 0 saturated heterocycles. The molecule has 4 aliphatic carbocycles. The molecule has 2 aromatic carbocycles. The van der Waals surface area contributed by atoms with Gasteiger partial charge in [0.25, 0.3) is 5.91 Å². The molecule has 4 bridgehead atoms. The fourth-order valence-corrected chi connectivity index (χ4v) is 7.62. The number of hydrogen-bond acceptors (Lipinski definition) is 4. The van der Waals surface area contributed by atoms with Gasteiger partial charge in [0.1, 0.15) is 18.0 Å². The van der Waals surface area contributed by atoms with E-state index in [1.54, 1.807) is 0 Å². The lowest BCUT2D eigenvalue weighted by Crippen LogP contribution is -2.52. The van der Waals surface area contributed by atoms with Crippen molar-refractivity contribution in [2.75, 3.05) is 5.32 Å². The van der Waals surface area contributed by atoms with Crippen molar-refractivity contribution >= 4 is 28.9 Å². The molecule has 6 aliphatic rings. The van der Waals surface area contributed by atoms with Crippen molar-refractivity contribution in [2.45, 2.75) is 63.6 Å². The third-order valence-electron chi connectivity index (χ3n) is 8.62. The van der Waals surface area contributed by atoms with E-state index in [0.29, 0.717) is 30.8 Å². The zero-order valence-electron chi connectivity index (χ0n) is 19.3. The van der Waals surface area contributed by atoms with Gasteiger partial charge in [0, 0.05) is 28.8 Å². The zero-order chi connectivity index (χ0) is 22.9. The summed E-state index contributed by atoms with van der Waals surface area (Å²) in [5, 5.41) is 2.92. The quantitative estimate of drug-likeness (QED) is 0.490. The van der Waals surface area contributed by atoms with Crippen molar-refractivity contribution in [3.63, 3.8) is 0 Å². The van der Waals surface area contributed by atoms with Crippen LogP contribution >= 0.6 is 0 Å². The summed E-state index contributed by atoms with van der Waals surface area (Å²) in [4.78, 5) is 25.4. The molecule has 8 rings (SSSR count). The van der Waals surface area contributed by atoms with Crippen LogP contribution in [0.5, 0.6) is 0 Å². The first kappa shape index (κ1) is 20.3. The Morgan fingerprint density at radius 1 is 1.00 bits per heavy atom. The number of rotatable bonds is 4. The molecule has 1 amide bonds. The van der Waals surface area contributed by atoms with Gasteiger partial charge in [-0.3, -0.25) is 9.59 Å². The molecule has 2 aliphatic heterocycles. The first-order valence-electron chi connectivity index (χ1n) is 12.7. The summed E-state index contributed by atoms with van der Waals surface area (Å²) in [6, 6.07) is 13.9. The van der Waals surface area contributed by atoms with Crippen molar-refractivity contribution < 1.29 is 19.1 Å². The highest BCUT2D eigenvalue weighted by Crippen LogP contribution is 2.57. The number of benzene rings is 2. The van der Waals surface area contributed by atoms with E-state index in [1.165, 1.54) is 19.3 Å². The predicted octanol–water partition coefficient (Wildman–Crippen LogP) is 5.48. The lowest BCUT2D eigenvalue weighted by Gasteiger charge is -2.55. The van der Waals surface area contributed by atoms with Gasteiger partial charge in [0.2, 0.25) is 0 Å². The normalized spacial score (nSPS) is 32.2. The summed E-state index contributed by atoms with van der Waals surface area (Å²) < 4.78 is 12.2. The number of hydrogen-bond donors (Lipinski definition) is 1. The van der Waals surface area contributed by atoms with Gasteiger partial charge in [0.15, 0.2) is 0 Å². The Morgan fingerprint density at radius 2 is 1.74 bits per heavy atom. The van der Waals surface area contributed by atoms with Crippen molar-refractivity contribution in [1.29, 1.82) is 0 Å². The lowest BCUT2D eigenvalue weighted by molar-refractivity contribution is -0.186. The number of ether oxygens (including phenoxy) is 2. The highest BCUT2D eigenvalue weighted by Gasteiger charge is 2.53. The molecular weight excluding hydrogens is 426 g/mol. The molecule has 5 nitrogen and oxygen atoms in total. The number of carbonyl (C=O) groups is 2. The van der Waals surface area contributed by atoms with Crippen LogP contribution in [0.2, 0.25) is 0 Å². The van der Waals surface area contributed by atoms with E-state index >= 15 is 0 Å². The molecule has 2 aromatic rings. The van der Waals surface area contributed by atoms with Crippen LogP contribution in [0.15, 0.2) is 42.5 Å². The Hall–Kier alpha value is -3.08. The second-order valence-electron chi connectivity index (χ2n) is 11.1. The molecule has 4 fully saturated rings. The van der Waals surface area contributed by atoms with Gasteiger partial charge in [-0.2, -0.15) is 0 Å². The number of para-hydroxylation sites is 1. The van der Waals surface area contributed by atoms with Crippen LogP contribution in [0.25, 0.3) is 11.3 Å². The van der Waals surface area contributed by atoms with Crippen LogP contribution in [-0.2, 0) is 32.1 Å². The molecule has 2 heterocycles. The molecule has 5 heteroatoms. The third-order valence-corrected chi connectivity index (χ3v) is 8.62. The third kappa shape index (κ3) is 3.28. The molecule has 34 heavy (non-hydrogen) atoms. The van der Waals surface area contributed by atoms with E-state index in [9.17, 15) is 9.59 Å². The van der Waals surface area contributed by atoms with Crippen LogP contribution in [0, 0.1) is 17.8 Å². The lowest BCUT2D eigenvalue weighted by atomic mass is 9.54. The van der Waals surface area contributed by atoms with Gasteiger partial charge in [0.05, 0.1) is 5.57 Å². The fourth-order valence-electron chi connectivity index (χ4n) is 7.62. The largest absolute Gasteiger partial charge is 0.487 e. The Kier molecular flexibility index (Phi) is 4.46. The number of fused-ring (bicyclic) bond motifs is 2. The van der Waals surface area contributed by atoms with Crippen molar-refractivity contribution in [3.8, 4) is 0 Å². The molecule has 1 N–H and O–H groups in total. The van der Waals surface area contributed by atoms with E-state index in [0.717, 1.165) is 65.0 Å². The molecule has 0 aromatic heterocycles. The van der Waals surface area contributed by atoms with Gasteiger partial charge in [-0.05, 0) is 74.3 Å². The van der Waals surface area contributed by atoms with Gasteiger partial charge in [-0.25, -0.2) is 0 Å². The van der Waals surface area contributed by atoms with E-state index < -0.39 is 0 Å². The number of carbonyl (C=O) groups excluding carboxylic acids is 2. The maximum Gasteiger partial charge on any atom is 0.306 e. The van der Waals surface area contributed by atoms with Crippen molar-refractivity contribution in [2.24, 2.45) is 17.8 Å². The minimum absolute atomic E-state index is 0.0549. The highest BCUT2D eigenvalue weighted by atomic mass is 16.6. The number of nitrogens with one attached hydrogen (secondary N) is 1. The Morgan fingerprint density at radius 3 is 2.50 bits per heavy atom. The summed E-state index contributed by atoms with van der Waals surface area (Å²) in [6.45, 7) is 0.440. The monoisotopic (exact) mass is 455 g/mol. The maximum atomic E-state index is 12.8. The molecule has 0 atom stereocenters. The molecular formula is C29H29NO4. The molecule has 0 radical (unpaired) electrons. The van der Waals surface area contributed by atoms with E-state index in [4.69, 9.17) is 9.47 Å². The van der Waals surface area contributed by atoms with Crippen LogP contribution in [0.4, 0.5) is 5.69 Å². The second kappa shape index (κ2) is 7.46. The predicted molar refractivity (Wildman–Crippen MR) is 128 cm³/mol. The summed E-state index contributed by atoms with van der Waals surface area (Å²) in [6.07, 6.45) is 8.34. The maximum absolute atomic E-state index is 12.8. The summed E-state index contributed by atoms with van der Waals surface area (Å²) in [5.41, 5.74) is 5.26. The summed E-state index contributed by atoms with van der Waals surface area (Å²) in [5.74, 6) is 2.78. The standard InChI is InChI=1S/C29H29NO4/c31-25(34-29-13-18-9-19(14-29)11-20(10-18)15-29)8-6-17-5-7-22-21(12-17)16-33-27(22)26-23-3-1-2-4-24(23)30-28(26)32/h1-5,7,12,18-20H,6,8-11,13-16H2,(H,30,32). The van der Waals surface area contributed by atoms with E-state index in [1.807, 2.05) is 36.4 Å². The minimum atomic E-state index is -0.170. The average molecular weight is 456 g/mol. The first-order chi connectivity index (χ1) is 16.6. The molecule has 4 saturated carbocycles. The molecule has 174 valence electrons. The van der Waals surface area contributed by atoms with E-state index in [-0.39, 0.29) is 17.5 Å². The zero-order valence-corrected chi connectivity index (χ0v) is 19.3. The van der Waals surface area contributed by atoms with Gasteiger partial charge in [-0.1, -0.05) is 36.4 Å². The number of esters is 1. The smallest absolute Gasteiger partial charge is 0.306 e. The Balaban J connectivity index is 1.06. The van der Waals surface area contributed by atoms with Crippen LogP contribution in [0.1, 0.15) is 67.2 Å². The van der Waals surface area contributed by atoms with Crippen LogP contribution in [-0.4, -0.2) is 17.5 Å². The van der Waals surface area contributed by atoms with Crippen LogP contribution in [0.3, 0.4) is 0 Å². The number of amides is 1. The van der Waals surface area contributed by atoms with Gasteiger partial charge >= 0.3 is 5.97 Å². The van der Waals surface area contributed by atoms with Crippen LogP contribution < -0.4 is 5.32 Å². The molecule has 0 unspecified atom stereocenters. The topological polar surface area (TPSA) is 64.6 Å². The second-order valence-corrected chi connectivity index (χ2v) is 11.1. The van der Waals surface area contributed by atoms with Crippen molar-refractivity contribution in [1.82, 2.24) is 0 Å². The summed E-state index contributed by atoms with van der Waals surface area (Å²) in [7, 11) is 0. The highest BCUT2D eigenvalue weighted by molar-refractivity contribution is 6.36. The van der Waals surface area contributed by atoms with Gasteiger partial charge < -0.3 is 14.8 Å². The molecule has 0 spiro atoms. The Labute approximate surface area is 199 Å².